The maximum atomic E-state index is 11.8. The maximum absolute atomic E-state index is 11.8. The lowest BCUT2D eigenvalue weighted by atomic mass is 10.2. The summed E-state index contributed by atoms with van der Waals surface area (Å²) in [6.07, 6.45) is 2.38. The fourth-order valence-electron chi connectivity index (χ4n) is 1.67. The Hall–Kier alpha value is -2.94. The van der Waals surface area contributed by atoms with E-state index in [1.807, 2.05) is 6.92 Å². The summed E-state index contributed by atoms with van der Waals surface area (Å²) in [5, 5.41) is 14.6. The van der Waals surface area contributed by atoms with E-state index < -0.39 is 0 Å². The minimum atomic E-state index is -0.229. The molecule has 6 nitrogen and oxygen atoms in total. The molecule has 0 saturated carbocycles. The van der Waals surface area contributed by atoms with Gasteiger partial charge < -0.3 is 10.6 Å². The van der Waals surface area contributed by atoms with E-state index in [1.54, 1.807) is 30.3 Å². The first kappa shape index (κ1) is 14.5. The van der Waals surface area contributed by atoms with Crippen LogP contribution in [0.3, 0.4) is 0 Å². The fourth-order valence-corrected chi connectivity index (χ4v) is 1.67. The van der Waals surface area contributed by atoms with Gasteiger partial charge in [0.1, 0.15) is 5.69 Å². The van der Waals surface area contributed by atoms with Gasteiger partial charge >= 0.3 is 0 Å². The van der Waals surface area contributed by atoms with E-state index in [4.69, 9.17) is 5.26 Å². The first-order chi connectivity index (χ1) is 10.2. The summed E-state index contributed by atoms with van der Waals surface area (Å²) in [7, 11) is 0. The van der Waals surface area contributed by atoms with Crippen LogP contribution in [0.2, 0.25) is 0 Å². The van der Waals surface area contributed by atoms with Crippen molar-refractivity contribution in [2.24, 2.45) is 0 Å². The number of amides is 1. The van der Waals surface area contributed by atoms with Gasteiger partial charge in [-0.15, -0.1) is 0 Å². The summed E-state index contributed by atoms with van der Waals surface area (Å²) >= 11 is 0. The zero-order chi connectivity index (χ0) is 15.1. The average molecular weight is 281 g/mol. The molecular formula is C15H15N5O. The van der Waals surface area contributed by atoms with Gasteiger partial charge in [-0.2, -0.15) is 5.26 Å². The van der Waals surface area contributed by atoms with Gasteiger partial charge in [-0.1, -0.05) is 13.0 Å². The molecule has 1 amide bonds. The largest absolute Gasteiger partial charge is 0.351 e. The Morgan fingerprint density at radius 3 is 3.00 bits per heavy atom. The molecule has 0 aliphatic heterocycles. The molecule has 2 rings (SSSR count). The maximum Gasteiger partial charge on any atom is 0.270 e. The van der Waals surface area contributed by atoms with E-state index in [0.717, 1.165) is 6.42 Å². The Morgan fingerprint density at radius 1 is 1.38 bits per heavy atom. The normalized spacial score (nSPS) is 9.71. The number of carbonyl (C=O) groups excluding carboxylic acids is 1. The van der Waals surface area contributed by atoms with Crippen LogP contribution in [0.25, 0.3) is 0 Å². The SMILES string of the molecule is CCCNC(=O)c1ccnc(Nc2cccc(C#N)c2)n1. The van der Waals surface area contributed by atoms with Crippen molar-refractivity contribution in [3.05, 3.63) is 47.8 Å². The van der Waals surface area contributed by atoms with Crippen LogP contribution in [0.1, 0.15) is 29.4 Å². The number of nitrogens with zero attached hydrogens (tertiary/aromatic N) is 3. The number of hydrogen-bond acceptors (Lipinski definition) is 5. The number of aromatic nitrogens is 2. The standard InChI is InChI=1S/C15H15N5O/c1-2-7-17-14(21)13-6-8-18-15(20-13)19-12-5-3-4-11(9-12)10-16/h3-6,8-9H,2,7H2,1H3,(H,17,21)(H,18,19,20). The number of benzene rings is 1. The third-order valence-electron chi connectivity index (χ3n) is 2.67. The van der Waals surface area contributed by atoms with Crippen LogP contribution in [0, 0.1) is 11.3 Å². The van der Waals surface area contributed by atoms with Crippen LogP contribution < -0.4 is 10.6 Å². The Bertz CT molecular complexity index is 678. The Morgan fingerprint density at radius 2 is 2.24 bits per heavy atom. The van der Waals surface area contributed by atoms with Gasteiger partial charge in [-0.05, 0) is 30.7 Å². The number of nitrogens with one attached hydrogen (secondary N) is 2. The second kappa shape index (κ2) is 7.01. The second-order valence-corrected chi connectivity index (χ2v) is 4.34. The van der Waals surface area contributed by atoms with Crippen molar-refractivity contribution in [3.63, 3.8) is 0 Å². The molecule has 2 aromatic rings. The monoisotopic (exact) mass is 281 g/mol. The molecule has 106 valence electrons. The van der Waals surface area contributed by atoms with Crippen molar-refractivity contribution in [2.75, 3.05) is 11.9 Å². The van der Waals surface area contributed by atoms with E-state index in [1.165, 1.54) is 6.20 Å². The van der Waals surface area contributed by atoms with Gasteiger partial charge in [0.05, 0.1) is 11.6 Å². The lowest BCUT2D eigenvalue weighted by Crippen LogP contribution is -2.25. The smallest absolute Gasteiger partial charge is 0.270 e. The van der Waals surface area contributed by atoms with Crippen LogP contribution in [0.15, 0.2) is 36.5 Å². The van der Waals surface area contributed by atoms with Crippen molar-refractivity contribution in [3.8, 4) is 6.07 Å². The van der Waals surface area contributed by atoms with Crippen LogP contribution in [0.4, 0.5) is 11.6 Å². The van der Waals surface area contributed by atoms with Crippen LogP contribution in [-0.4, -0.2) is 22.4 Å². The fraction of sp³-hybridized carbons (Fsp3) is 0.200. The van der Waals surface area contributed by atoms with Gasteiger partial charge in [-0.25, -0.2) is 9.97 Å². The number of rotatable bonds is 5. The van der Waals surface area contributed by atoms with Gasteiger partial charge in [0.15, 0.2) is 0 Å². The number of nitriles is 1. The summed E-state index contributed by atoms with van der Waals surface area (Å²) in [6.45, 7) is 2.59. The summed E-state index contributed by atoms with van der Waals surface area (Å²) in [5.74, 6) is 0.0855. The molecule has 21 heavy (non-hydrogen) atoms. The molecule has 0 unspecified atom stereocenters. The first-order valence-electron chi connectivity index (χ1n) is 6.61. The van der Waals surface area contributed by atoms with Gasteiger partial charge in [0.2, 0.25) is 5.95 Å². The molecule has 0 aliphatic rings. The van der Waals surface area contributed by atoms with Crippen molar-refractivity contribution < 1.29 is 4.79 Å². The molecule has 0 radical (unpaired) electrons. The highest BCUT2D eigenvalue weighted by atomic mass is 16.1. The van der Waals surface area contributed by atoms with Gasteiger partial charge in [-0.3, -0.25) is 4.79 Å². The van der Waals surface area contributed by atoms with Crippen molar-refractivity contribution in [1.82, 2.24) is 15.3 Å². The topological polar surface area (TPSA) is 90.7 Å². The van der Waals surface area contributed by atoms with Crippen LogP contribution in [0.5, 0.6) is 0 Å². The third-order valence-corrected chi connectivity index (χ3v) is 2.67. The van der Waals surface area contributed by atoms with E-state index in [9.17, 15) is 4.79 Å². The second-order valence-electron chi connectivity index (χ2n) is 4.34. The van der Waals surface area contributed by atoms with E-state index in [-0.39, 0.29) is 5.91 Å². The Kier molecular flexibility index (Phi) is 4.83. The molecule has 1 heterocycles. The lowest BCUT2D eigenvalue weighted by Gasteiger charge is -2.07. The highest BCUT2D eigenvalue weighted by molar-refractivity contribution is 5.92. The molecule has 0 spiro atoms. The lowest BCUT2D eigenvalue weighted by molar-refractivity contribution is 0.0948. The molecule has 0 saturated heterocycles. The van der Waals surface area contributed by atoms with Crippen LogP contribution in [-0.2, 0) is 0 Å². The van der Waals surface area contributed by atoms with Crippen LogP contribution >= 0.6 is 0 Å². The summed E-state index contributed by atoms with van der Waals surface area (Å²) < 4.78 is 0. The molecule has 2 N–H and O–H groups in total. The zero-order valence-corrected chi connectivity index (χ0v) is 11.6. The average Bonchev–Trinajstić information content (AvgIpc) is 2.53. The van der Waals surface area contributed by atoms with E-state index >= 15 is 0 Å². The van der Waals surface area contributed by atoms with Crippen molar-refractivity contribution in [1.29, 1.82) is 5.26 Å². The van der Waals surface area contributed by atoms with Gasteiger partial charge in [0, 0.05) is 18.4 Å². The summed E-state index contributed by atoms with van der Waals surface area (Å²) in [5.41, 5.74) is 1.54. The van der Waals surface area contributed by atoms with Gasteiger partial charge in [0.25, 0.3) is 5.91 Å². The van der Waals surface area contributed by atoms with Crippen molar-refractivity contribution >= 4 is 17.5 Å². The molecule has 0 fully saturated rings. The first-order valence-corrected chi connectivity index (χ1v) is 6.61. The number of anilines is 2. The minimum absolute atomic E-state index is 0.229. The summed E-state index contributed by atoms with van der Waals surface area (Å²) in [4.78, 5) is 20.1. The highest BCUT2D eigenvalue weighted by Gasteiger charge is 2.08. The Labute approximate surface area is 122 Å². The number of carbonyl (C=O) groups is 1. The molecule has 0 aliphatic carbocycles. The highest BCUT2D eigenvalue weighted by Crippen LogP contribution is 2.14. The quantitative estimate of drug-likeness (QED) is 0.877. The van der Waals surface area contributed by atoms with E-state index in [2.05, 4.69) is 26.7 Å². The predicted molar refractivity (Wildman–Crippen MR) is 79.1 cm³/mol. The molecule has 1 aromatic carbocycles. The van der Waals surface area contributed by atoms with Crippen molar-refractivity contribution in [2.45, 2.75) is 13.3 Å². The molecule has 0 atom stereocenters. The molecule has 1 aromatic heterocycles. The third kappa shape index (κ3) is 4.01. The molecule has 0 bridgehead atoms. The minimum Gasteiger partial charge on any atom is -0.351 e. The summed E-state index contributed by atoms with van der Waals surface area (Å²) in [6, 6.07) is 10.6. The zero-order valence-electron chi connectivity index (χ0n) is 11.6. The molecule has 6 heteroatoms. The Balaban J connectivity index is 2.14. The number of hydrogen-bond donors (Lipinski definition) is 2. The predicted octanol–water partition coefficient (Wildman–Crippen LogP) is 2.23. The molecular weight excluding hydrogens is 266 g/mol. The van der Waals surface area contributed by atoms with E-state index in [0.29, 0.717) is 29.4 Å².